The molecule has 2 N–H and O–H groups in total. The fourth-order valence-electron chi connectivity index (χ4n) is 1.96. The van der Waals surface area contributed by atoms with Gasteiger partial charge in [-0.3, -0.25) is 13.9 Å². The second-order valence-corrected chi connectivity index (χ2v) is 6.85. The van der Waals surface area contributed by atoms with Gasteiger partial charge in [-0.2, -0.15) is 8.42 Å². The molecule has 7 nitrogen and oxygen atoms in total. The minimum atomic E-state index is -4.41. The number of H-pyrrole nitrogens is 1. The summed E-state index contributed by atoms with van der Waals surface area (Å²) >= 11 is 0. The van der Waals surface area contributed by atoms with Crippen molar-refractivity contribution in [2.24, 2.45) is 0 Å². The van der Waals surface area contributed by atoms with Crippen LogP contribution < -0.4 is 11.2 Å². The molecule has 0 aliphatic carbocycles. The number of aromatic amines is 1. The van der Waals surface area contributed by atoms with Gasteiger partial charge in [-0.15, -0.1) is 0 Å². The summed E-state index contributed by atoms with van der Waals surface area (Å²) in [5.74, 6) is 0. The van der Waals surface area contributed by atoms with E-state index in [4.69, 9.17) is 4.55 Å². The number of nitrogens with zero attached hydrogens (tertiary/aromatic N) is 1. The monoisotopic (exact) mass is 298 g/mol. The van der Waals surface area contributed by atoms with E-state index in [1.807, 2.05) is 0 Å². The average Bonchev–Trinajstić information content (AvgIpc) is 2.25. The van der Waals surface area contributed by atoms with Crippen LogP contribution in [-0.4, -0.2) is 22.5 Å². The van der Waals surface area contributed by atoms with Crippen LogP contribution >= 0.6 is 0 Å². The van der Waals surface area contributed by atoms with E-state index >= 15 is 0 Å². The minimum Gasteiger partial charge on any atom is -0.307 e. The molecule has 0 bridgehead atoms. The Bertz CT molecular complexity index is 900. The molecular weight excluding hydrogens is 284 g/mol. The van der Waals surface area contributed by atoms with Crippen LogP contribution in [0.5, 0.6) is 0 Å². The number of hydrogen-bond donors (Lipinski definition) is 2. The lowest BCUT2D eigenvalue weighted by Crippen LogP contribution is -2.44. The van der Waals surface area contributed by atoms with E-state index in [9.17, 15) is 18.0 Å². The predicted molar refractivity (Wildman–Crippen MR) is 73.6 cm³/mol. The van der Waals surface area contributed by atoms with Crippen molar-refractivity contribution in [2.75, 3.05) is 0 Å². The number of aromatic nitrogens is 2. The van der Waals surface area contributed by atoms with Gasteiger partial charge < -0.3 is 4.98 Å². The highest BCUT2D eigenvalue weighted by Crippen LogP contribution is 2.15. The maximum absolute atomic E-state index is 12.3. The van der Waals surface area contributed by atoms with Gasteiger partial charge in [0.15, 0.2) is 0 Å². The highest BCUT2D eigenvalue weighted by molar-refractivity contribution is 7.85. The zero-order valence-electron chi connectivity index (χ0n) is 11.2. The number of nitrogens with one attached hydrogen (secondary N) is 1. The van der Waals surface area contributed by atoms with E-state index in [2.05, 4.69) is 4.98 Å². The molecule has 1 heterocycles. The maximum Gasteiger partial charge on any atom is 0.329 e. The summed E-state index contributed by atoms with van der Waals surface area (Å²) < 4.78 is 32.2. The van der Waals surface area contributed by atoms with E-state index in [1.54, 1.807) is 20.8 Å². The lowest BCUT2D eigenvalue weighted by atomic mass is 10.1. The first-order chi connectivity index (χ1) is 9.01. The molecular formula is C12H14N2O5S. The second kappa shape index (κ2) is 4.29. The number of rotatable bonds is 1. The topological polar surface area (TPSA) is 109 Å². The summed E-state index contributed by atoms with van der Waals surface area (Å²) in [6, 6.07) is 3.44. The largest absolute Gasteiger partial charge is 0.329 e. The van der Waals surface area contributed by atoms with Gasteiger partial charge in [-0.05, 0) is 39.0 Å². The van der Waals surface area contributed by atoms with Gasteiger partial charge in [0.05, 0.1) is 15.8 Å². The normalized spacial score (nSPS) is 12.8. The average molecular weight is 298 g/mol. The third kappa shape index (κ3) is 2.39. The van der Waals surface area contributed by atoms with Crippen molar-refractivity contribution < 1.29 is 13.0 Å². The quantitative estimate of drug-likeness (QED) is 0.753. The predicted octanol–water partition coefficient (Wildman–Crippen LogP) is 0.692. The molecule has 0 radical (unpaired) electrons. The molecule has 0 saturated heterocycles. The second-order valence-electron chi connectivity index (χ2n) is 5.42. The van der Waals surface area contributed by atoms with Crippen LogP contribution in [0.3, 0.4) is 0 Å². The molecule has 0 saturated carbocycles. The molecule has 0 spiro atoms. The minimum absolute atomic E-state index is 0.0228. The fourth-order valence-corrected chi connectivity index (χ4v) is 2.47. The maximum atomic E-state index is 12.3. The van der Waals surface area contributed by atoms with Crippen LogP contribution in [0.25, 0.3) is 10.9 Å². The highest BCUT2D eigenvalue weighted by atomic mass is 32.2. The highest BCUT2D eigenvalue weighted by Gasteiger charge is 2.20. The Kier molecular flexibility index (Phi) is 3.10. The van der Waals surface area contributed by atoms with Gasteiger partial charge in [-0.1, -0.05) is 0 Å². The van der Waals surface area contributed by atoms with Crippen molar-refractivity contribution in [1.29, 1.82) is 0 Å². The Morgan fingerprint density at radius 3 is 2.30 bits per heavy atom. The van der Waals surface area contributed by atoms with E-state index in [0.29, 0.717) is 0 Å². The van der Waals surface area contributed by atoms with Crippen molar-refractivity contribution in [3.63, 3.8) is 0 Å². The molecule has 8 heteroatoms. The van der Waals surface area contributed by atoms with Crippen LogP contribution in [-0.2, 0) is 15.7 Å². The molecule has 2 rings (SSSR count). The summed E-state index contributed by atoms with van der Waals surface area (Å²) in [6.07, 6.45) is 0. The molecule has 20 heavy (non-hydrogen) atoms. The Balaban J connectivity index is 2.97. The van der Waals surface area contributed by atoms with Crippen molar-refractivity contribution in [1.82, 2.24) is 9.55 Å². The van der Waals surface area contributed by atoms with Crippen molar-refractivity contribution in [3.8, 4) is 0 Å². The first-order valence-corrected chi connectivity index (χ1v) is 7.23. The Labute approximate surface area is 114 Å². The van der Waals surface area contributed by atoms with E-state index < -0.39 is 31.8 Å². The smallest absolute Gasteiger partial charge is 0.307 e. The summed E-state index contributed by atoms with van der Waals surface area (Å²) in [5.41, 5.74) is -1.73. The standard InChI is InChI=1S/C12H14N2O5S/c1-12(2,3)14-10(15)8-6-7(20(17,18)19)4-5-9(8)13-11(14)16/h4-6H,1-3H3,(H,13,16)(H,17,18,19). The molecule has 2 aromatic rings. The molecule has 0 amide bonds. The van der Waals surface area contributed by atoms with Gasteiger partial charge in [0.2, 0.25) is 0 Å². The third-order valence-corrected chi connectivity index (χ3v) is 3.69. The lowest BCUT2D eigenvalue weighted by Gasteiger charge is -2.21. The number of benzene rings is 1. The fraction of sp³-hybridized carbons (Fsp3) is 0.333. The molecule has 108 valence electrons. The van der Waals surface area contributed by atoms with Crippen LogP contribution in [0.4, 0.5) is 0 Å². The zero-order valence-corrected chi connectivity index (χ0v) is 12.0. The van der Waals surface area contributed by atoms with Gasteiger partial charge in [0.1, 0.15) is 0 Å². The van der Waals surface area contributed by atoms with Crippen LogP contribution in [0.1, 0.15) is 20.8 Å². The molecule has 0 unspecified atom stereocenters. The van der Waals surface area contributed by atoms with Crippen LogP contribution in [0, 0.1) is 0 Å². The molecule has 0 fully saturated rings. The van der Waals surface area contributed by atoms with Crippen molar-refractivity contribution in [3.05, 3.63) is 39.0 Å². The van der Waals surface area contributed by atoms with Gasteiger partial charge in [0.25, 0.3) is 15.7 Å². The SMILES string of the molecule is CC(C)(C)n1c(=O)[nH]c2ccc(S(=O)(=O)O)cc2c1=O. The summed E-state index contributed by atoms with van der Waals surface area (Å²) in [7, 11) is -4.41. The van der Waals surface area contributed by atoms with Gasteiger partial charge in [0, 0.05) is 5.54 Å². The Morgan fingerprint density at radius 2 is 1.80 bits per heavy atom. The van der Waals surface area contributed by atoms with E-state index in [1.165, 1.54) is 6.07 Å². The Hall–Kier alpha value is -1.93. The van der Waals surface area contributed by atoms with Crippen molar-refractivity contribution >= 4 is 21.0 Å². The summed E-state index contributed by atoms with van der Waals surface area (Å²) in [5, 5.41) is 0.0228. The van der Waals surface area contributed by atoms with E-state index in [-0.39, 0.29) is 10.9 Å². The van der Waals surface area contributed by atoms with Gasteiger partial charge >= 0.3 is 5.69 Å². The van der Waals surface area contributed by atoms with Crippen LogP contribution in [0.2, 0.25) is 0 Å². The first-order valence-electron chi connectivity index (χ1n) is 5.79. The third-order valence-electron chi connectivity index (χ3n) is 2.84. The summed E-state index contributed by atoms with van der Waals surface area (Å²) in [4.78, 5) is 26.4. The summed E-state index contributed by atoms with van der Waals surface area (Å²) in [6.45, 7) is 5.05. The molecule has 1 aromatic carbocycles. The Morgan fingerprint density at radius 1 is 1.20 bits per heavy atom. The van der Waals surface area contributed by atoms with E-state index in [0.717, 1.165) is 16.7 Å². The van der Waals surface area contributed by atoms with Crippen molar-refractivity contribution in [2.45, 2.75) is 31.2 Å². The first kappa shape index (κ1) is 14.5. The number of hydrogen-bond acceptors (Lipinski definition) is 4. The molecule has 1 aromatic heterocycles. The van der Waals surface area contributed by atoms with Crippen LogP contribution in [0.15, 0.2) is 32.7 Å². The molecule has 0 atom stereocenters. The lowest BCUT2D eigenvalue weighted by molar-refractivity contribution is 0.369. The number of fused-ring (bicyclic) bond motifs is 1. The zero-order chi connectivity index (χ0) is 15.3. The van der Waals surface area contributed by atoms with Gasteiger partial charge in [-0.25, -0.2) is 4.79 Å². The molecule has 0 aliphatic heterocycles. The molecule has 0 aliphatic rings.